The van der Waals surface area contributed by atoms with Gasteiger partial charge in [-0.2, -0.15) is 0 Å². The molecule has 0 aromatic carbocycles. The largest absolute Gasteiger partial charge is 0.295 e. The molecule has 2 nitrogen and oxygen atoms in total. The van der Waals surface area contributed by atoms with E-state index in [1.807, 2.05) is 31.4 Å². The first kappa shape index (κ1) is 10.9. The summed E-state index contributed by atoms with van der Waals surface area (Å²) >= 11 is 1.60. The minimum Gasteiger partial charge on any atom is -0.295 e. The molecule has 0 radical (unpaired) electrons. The van der Waals surface area contributed by atoms with Gasteiger partial charge >= 0.3 is 0 Å². The van der Waals surface area contributed by atoms with Crippen molar-refractivity contribution < 1.29 is 4.79 Å². The van der Waals surface area contributed by atoms with E-state index in [-0.39, 0.29) is 5.78 Å². The summed E-state index contributed by atoms with van der Waals surface area (Å²) in [7, 11) is 0. The Labute approximate surface area is 88.0 Å². The average molecular weight is 207 g/mol. The molecular formula is C11H13NOS. The second-order valence-electron chi connectivity index (χ2n) is 3.09. The topological polar surface area (TPSA) is 30.0 Å². The molecule has 0 N–H and O–H groups in total. The maximum atomic E-state index is 10.9. The van der Waals surface area contributed by atoms with Crippen molar-refractivity contribution in [2.24, 2.45) is 0 Å². The van der Waals surface area contributed by atoms with Gasteiger partial charge in [-0.1, -0.05) is 12.2 Å². The maximum Gasteiger partial charge on any atom is 0.155 e. The first-order valence-electron chi connectivity index (χ1n) is 4.37. The summed E-state index contributed by atoms with van der Waals surface area (Å²) in [5, 5.41) is 2.94. The van der Waals surface area contributed by atoms with Gasteiger partial charge in [0.2, 0.25) is 0 Å². The number of Topliss-reactive ketones (excluding diaryl/α,β-unsaturated/α-hetero) is 1. The van der Waals surface area contributed by atoms with Crippen molar-refractivity contribution in [2.75, 3.05) is 0 Å². The highest BCUT2D eigenvalue weighted by atomic mass is 32.1. The molecule has 0 aliphatic carbocycles. The van der Waals surface area contributed by atoms with Gasteiger partial charge in [-0.05, 0) is 31.9 Å². The van der Waals surface area contributed by atoms with Gasteiger partial charge in [-0.3, -0.25) is 4.79 Å². The summed E-state index contributed by atoms with van der Waals surface area (Å²) in [4.78, 5) is 15.1. The van der Waals surface area contributed by atoms with E-state index in [0.717, 1.165) is 16.2 Å². The minimum absolute atomic E-state index is 0.105. The maximum absolute atomic E-state index is 10.9. The van der Waals surface area contributed by atoms with E-state index in [1.165, 1.54) is 0 Å². The lowest BCUT2D eigenvalue weighted by Gasteiger charge is -1.93. The Morgan fingerprint density at radius 3 is 2.57 bits per heavy atom. The lowest BCUT2D eigenvalue weighted by molar-refractivity contribution is -0.113. The van der Waals surface area contributed by atoms with Crippen LogP contribution in [0.2, 0.25) is 0 Å². The summed E-state index contributed by atoms with van der Waals surface area (Å²) in [6.07, 6.45) is 5.54. The van der Waals surface area contributed by atoms with E-state index in [4.69, 9.17) is 0 Å². The molecule has 1 aromatic heterocycles. The van der Waals surface area contributed by atoms with E-state index in [0.29, 0.717) is 0 Å². The van der Waals surface area contributed by atoms with Crippen LogP contribution in [0.1, 0.15) is 25.8 Å². The highest BCUT2D eigenvalue weighted by Gasteiger charge is 1.97. The Hall–Kier alpha value is -1.22. The predicted molar refractivity (Wildman–Crippen MR) is 60.2 cm³/mol. The summed E-state index contributed by atoms with van der Waals surface area (Å²) < 4.78 is 0. The third-order valence-electron chi connectivity index (χ3n) is 1.91. The molecule has 14 heavy (non-hydrogen) atoms. The van der Waals surface area contributed by atoms with Crippen molar-refractivity contribution in [3.8, 4) is 0 Å². The van der Waals surface area contributed by atoms with Gasteiger partial charge in [-0.15, -0.1) is 11.3 Å². The Morgan fingerprint density at radius 1 is 1.36 bits per heavy atom. The number of nitrogens with zero attached hydrogens (tertiary/aromatic N) is 1. The zero-order valence-corrected chi connectivity index (χ0v) is 9.39. The van der Waals surface area contributed by atoms with Crippen LogP contribution < -0.4 is 0 Å². The fourth-order valence-electron chi connectivity index (χ4n) is 0.857. The minimum atomic E-state index is 0.105. The Bertz CT molecular complexity index is 374. The molecule has 0 fully saturated rings. The molecule has 1 rings (SSSR count). The molecule has 74 valence electrons. The normalized spacial score (nSPS) is 13.1. The predicted octanol–water partition coefficient (Wildman–Crippen LogP) is 3.08. The third kappa shape index (κ3) is 2.92. The van der Waals surface area contributed by atoms with Gasteiger partial charge < -0.3 is 0 Å². The number of ketones is 1. The summed E-state index contributed by atoms with van der Waals surface area (Å²) in [5.41, 5.74) is 1.85. The van der Waals surface area contributed by atoms with Crippen molar-refractivity contribution in [1.29, 1.82) is 0 Å². The third-order valence-corrected chi connectivity index (χ3v) is 2.82. The molecule has 0 amide bonds. The lowest BCUT2D eigenvalue weighted by Crippen LogP contribution is -1.89. The average Bonchev–Trinajstić information content (AvgIpc) is 2.66. The van der Waals surface area contributed by atoms with Gasteiger partial charge in [0.15, 0.2) is 5.78 Å². The molecule has 0 spiro atoms. The van der Waals surface area contributed by atoms with E-state index < -0.39 is 0 Å². The number of carbonyl (C=O) groups is 1. The van der Waals surface area contributed by atoms with Crippen molar-refractivity contribution in [1.82, 2.24) is 4.98 Å². The lowest BCUT2D eigenvalue weighted by atomic mass is 10.2. The number of hydrogen-bond donors (Lipinski definition) is 0. The highest BCUT2D eigenvalue weighted by Crippen LogP contribution is 2.16. The molecule has 1 heterocycles. The number of rotatable bonds is 3. The molecule has 3 heteroatoms. The second kappa shape index (κ2) is 4.86. The van der Waals surface area contributed by atoms with Crippen LogP contribution in [0.3, 0.4) is 0 Å². The molecule has 0 aliphatic rings. The zero-order valence-electron chi connectivity index (χ0n) is 8.57. The van der Waals surface area contributed by atoms with Crippen LogP contribution in [0.5, 0.6) is 0 Å². The SMILES string of the molecule is CC(=O)/C(C)=C/C=C(\C)c1nccs1. The molecular weight excluding hydrogens is 194 g/mol. The van der Waals surface area contributed by atoms with Crippen LogP contribution in [0.25, 0.3) is 5.57 Å². The first-order valence-corrected chi connectivity index (χ1v) is 5.25. The number of aromatic nitrogens is 1. The molecule has 0 unspecified atom stereocenters. The molecule has 0 bridgehead atoms. The van der Waals surface area contributed by atoms with Gasteiger partial charge in [0, 0.05) is 11.6 Å². The Morgan fingerprint density at radius 2 is 2.07 bits per heavy atom. The van der Waals surface area contributed by atoms with Crippen molar-refractivity contribution >= 4 is 22.7 Å². The molecule has 0 atom stereocenters. The van der Waals surface area contributed by atoms with E-state index in [2.05, 4.69) is 4.98 Å². The van der Waals surface area contributed by atoms with Crippen LogP contribution in [0.4, 0.5) is 0 Å². The van der Waals surface area contributed by atoms with Gasteiger partial charge in [-0.25, -0.2) is 4.98 Å². The second-order valence-corrected chi connectivity index (χ2v) is 3.99. The smallest absolute Gasteiger partial charge is 0.155 e. The number of carbonyl (C=O) groups excluding carboxylic acids is 1. The van der Waals surface area contributed by atoms with Crippen LogP contribution in [0.15, 0.2) is 29.3 Å². The number of allylic oxidation sites excluding steroid dienone is 4. The molecule has 1 aromatic rings. The summed E-state index contributed by atoms with van der Waals surface area (Å²) in [6.45, 7) is 5.37. The Kier molecular flexibility index (Phi) is 3.77. The van der Waals surface area contributed by atoms with E-state index in [9.17, 15) is 4.79 Å². The quantitative estimate of drug-likeness (QED) is 0.563. The van der Waals surface area contributed by atoms with Crippen molar-refractivity contribution in [3.63, 3.8) is 0 Å². The summed E-state index contributed by atoms with van der Waals surface area (Å²) in [5.74, 6) is 0.105. The van der Waals surface area contributed by atoms with Gasteiger partial charge in [0.1, 0.15) is 5.01 Å². The molecule has 0 saturated heterocycles. The van der Waals surface area contributed by atoms with Crippen LogP contribution in [-0.2, 0) is 4.79 Å². The van der Waals surface area contributed by atoms with Gasteiger partial charge in [0.05, 0.1) is 0 Å². The van der Waals surface area contributed by atoms with E-state index in [1.54, 1.807) is 24.5 Å². The monoisotopic (exact) mass is 207 g/mol. The van der Waals surface area contributed by atoms with Crippen molar-refractivity contribution in [2.45, 2.75) is 20.8 Å². The van der Waals surface area contributed by atoms with Crippen LogP contribution >= 0.6 is 11.3 Å². The van der Waals surface area contributed by atoms with Crippen LogP contribution in [-0.4, -0.2) is 10.8 Å². The highest BCUT2D eigenvalue weighted by molar-refractivity contribution is 7.10. The van der Waals surface area contributed by atoms with E-state index >= 15 is 0 Å². The van der Waals surface area contributed by atoms with Crippen molar-refractivity contribution in [3.05, 3.63) is 34.3 Å². The molecule has 0 aliphatic heterocycles. The standard InChI is InChI=1S/C11H13NOS/c1-8(10(3)13)4-5-9(2)11-12-6-7-14-11/h4-7H,1-3H3/b8-4+,9-5+. The number of hydrogen-bond acceptors (Lipinski definition) is 3. The zero-order chi connectivity index (χ0) is 10.6. The first-order chi connectivity index (χ1) is 6.61. The number of thiazole rings is 1. The fraction of sp³-hybridized carbons (Fsp3) is 0.273. The Balaban J connectivity index is 2.80. The fourth-order valence-corrected chi connectivity index (χ4v) is 1.48. The van der Waals surface area contributed by atoms with Gasteiger partial charge in [0.25, 0.3) is 0 Å². The molecule has 0 saturated carbocycles. The van der Waals surface area contributed by atoms with Crippen LogP contribution in [0, 0.1) is 0 Å². The summed E-state index contributed by atoms with van der Waals surface area (Å²) in [6, 6.07) is 0.